The molecule has 1 fully saturated rings. The first-order valence-electron chi connectivity index (χ1n) is 8.77. The Morgan fingerprint density at radius 3 is 2.32 bits per heavy atom. The number of ketones is 1. The summed E-state index contributed by atoms with van der Waals surface area (Å²) >= 11 is 0. The molecule has 0 saturated heterocycles. The number of rotatable bonds is 9. The van der Waals surface area contributed by atoms with E-state index in [0.29, 0.717) is 11.7 Å². The molecular weight excluding hydrogens is 232 g/mol. The van der Waals surface area contributed by atoms with Crippen LogP contribution in [0.1, 0.15) is 97.3 Å². The fourth-order valence-corrected chi connectivity index (χ4v) is 3.40. The first kappa shape index (κ1) is 16.7. The molecule has 0 amide bonds. The summed E-state index contributed by atoms with van der Waals surface area (Å²) in [5.41, 5.74) is 0. The highest BCUT2D eigenvalue weighted by Gasteiger charge is 2.17. The number of Topliss-reactive ketones (excluding diaryl/α,β-unsaturated/α-hetero) is 1. The molecule has 0 bridgehead atoms. The minimum absolute atomic E-state index is 0.543. The molecule has 0 aliphatic heterocycles. The Balaban J connectivity index is 2.18. The van der Waals surface area contributed by atoms with Crippen molar-refractivity contribution >= 4 is 5.78 Å². The maximum atomic E-state index is 12.1. The maximum Gasteiger partial charge on any atom is 0.133 e. The lowest BCUT2D eigenvalue weighted by molar-refractivity contribution is -0.120. The van der Waals surface area contributed by atoms with Crippen molar-refractivity contribution in [3.8, 4) is 0 Å². The molecule has 0 spiro atoms. The van der Waals surface area contributed by atoms with Gasteiger partial charge >= 0.3 is 0 Å². The zero-order chi connectivity index (χ0) is 13.9. The Kier molecular flexibility index (Phi) is 9.20. The molecule has 1 heteroatoms. The van der Waals surface area contributed by atoms with Crippen LogP contribution in [0.5, 0.6) is 0 Å². The summed E-state index contributed by atoms with van der Waals surface area (Å²) < 4.78 is 0. The first-order valence-corrected chi connectivity index (χ1v) is 8.77. The molecule has 1 saturated carbocycles. The fraction of sp³-hybridized carbons (Fsp3) is 0.944. The van der Waals surface area contributed by atoms with Gasteiger partial charge in [-0.1, -0.05) is 78.1 Å². The molecule has 0 aromatic rings. The molecule has 0 heterocycles. The van der Waals surface area contributed by atoms with E-state index in [9.17, 15) is 4.79 Å². The van der Waals surface area contributed by atoms with Gasteiger partial charge in [0, 0.05) is 12.8 Å². The van der Waals surface area contributed by atoms with Gasteiger partial charge in [-0.2, -0.15) is 0 Å². The van der Waals surface area contributed by atoms with E-state index in [2.05, 4.69) is 13.8 Å². The smallest absolute Gasteiger partial charge is 0.133 e. The van der Waals surface area contributed by atoms with Gasteiger partial charge in [-0.3, -0.25) is 4.79 Å². The second-order valence-electron chi connectivity index (χ2n) is 6.56. The van der Waals surface area contributed by atoms with Gasteiger partial charge in [0.2, 0.25) is 0 Å². The summed E-state index contributed by atoms with van der Waals surface area (Å²) in [6, 6.07) is 0. The summed E-state index contributed by atoms with van der Waals surface area (Å²) in [7, 11) is 0. The number of hydrogen-bond acceptors (Lipinski definition) is 1. The summed E-state index contributed by atoms with van der Waals surface area (Å²) in [5, 5.41) is 0. The average Bonchev–Trinajstić information content (AvgIpc) is 2.67. The van der Waals surface area contributed by atoms with Crippen LogP contribution in [0.25, 0.3) is 0 Å². The predicted octanol–water partition coefficient (Wildman–Crippen LogP) is 5.91. The summed E-state index contributed by atoms with van der Waals surface area (Å²) in [5.74, 6) is 2.05. The van der Waals surface area contributed by atoms with Crippen LogP contribution in [0.15, 0.2) is 0 Å². The Morgan fingerprint density at radius 2 is 1.74 bits per heavy atom. The van der Waals surface area contributed by atoms with Crippen LogP contribution in [0.4, 0.5) is 0 Å². The molecule has 0 aromatic heterocycles. The van der Waals surface area contributed by atoms with Crippen molar-refractivity contribution in [1.29, 1.82) is 0 Å². The zero-order valence-corrected chi connectivity index (χ0v) is 13.3. The maximum absolute atomic E-state index is 12.1. The van der Waals surface area contributed by atoms with Crippen molar-refractivity contribution in [3.63, 3.8) is 0 Å². The second kappa shape index (κ2) is 10.5. The minimum atomic E-state index is 0.543. The normalized spacial score (nSPS) is 19.1. The third kappa shape index (κ3) is 7.74. The molecule has 112 valence electrons. The molecule has 1 rings (SSSR count). The van der Waals surface area contributed by atoms with Crippen LogP contribution < -0.4 is 0 Å². The molecule has 1 aliphatic carbocycles. The van der Waals surface area contributed by atoms with Crippen molar-refractivity contribution in [1.82, 2.24) is 0 Å². The molecule has 0 N–H and O–H groups in total. The SMILES string of the molecule is CCCCC(CC)CCC(=O)CC1CCCCCC1. The zero-order valence-electron chi connectivity index (χ0n) is 13.3. The number of carbonyl (C=O) groups is 1. The largest absolute Gasteiger partial charge is 0.300 e. The second-order valence-corrected chi connectivity index (χ2v) is 6.56. The van der Waals surface area contributed by atoms with Gasteiger partial charge in [-0.25, -0.2) is 0 Å². The van der Waals surface area contributed by atoms with Gasteiger partial charge in [0.05, 0.1) is 0 Å². The number of hydrogen-bond donors (Lipinski definition) is 0. The monoisotopic (exact) mass is 266 g/mol. The number of unbranched alkanes of at least 4 members (excludes halogenated alkanes) is 1. The van der Waals surface area contributed by atoms with Gasteiger partial charge in [0.1, 0.15) is 5.78 Å². The van der Waals surface area contributed by atoms with E-state index in [1.165, 1.54) is 64.2 Å². The van der Waals surface area contributed by atoms with E-state index in [1.807, 2.05) is 0 Å². The van der Waals surface area contributed by atoms with Crippen molar-refractivity contribution in [2.24, 2.45) is 11.8 Å². The number of carbonyl (C=O) groups excluding carboxylic acids is 1. The molecule has 0 radical (unpaired) electrons. The van der Waals surface area contributed by atoms with E-state index in [-0.39, 0.29) is 0 Å². The molecular formula is C18H34O. The van der Waals surface area contributed by atoms with E-state index in [4.69, 9.17) is 0 Å². The van der Waals surface area contributed by atoms with Crippen LogP contribution in [0.2, 0.25) is 0 Å². The predicted molar refractivity (Wildman–Crippen MR) is 83.4 cm³/mol. The van der Waals surface area contributed by atoms with Crippen LogP contribution in [0.3, 0.4) is 0 Å². The van der Waals surface area contributed by atoms with Crippen molar-refractivity contribution in [2.75, 3.05) is 0 Å². The lowest BCUT2D eigenvalue weighted by Gasteiger charge is -2.16. The Morgan fingerprint density at radius 1 is 1.05 bits per heavy atom. The highest BCUT2D eigenvalue weighted by Crippen LogP contribution is 2.27. The molecule has 1 unspecified atom stereocenters. The Labute approximate surface area is 120 Å². The first-order chi connectivity index (χ1) is 9.26. The lowest BCUT2D eigenvalue weighted by Crippen LogP contribution is -2.10. The van der Waals surface area contributed by atoms with Gasteiger partial charge in [0.15, 0.2) is 0 Å². The van der Waals surface area contributed by atoms with Gasteiger partial charge in [-0.15, -0.1) is 0 Å². The quantitative estimate of drug-likeness (QED) is 0.474. The Hall–Kier alpha value is -0.330. The minimum Gasteiger partial charge on any atom is -0.300 e. The topological polar surface area (TPSA) is 17.1 Å². The summed E-state index contributed by atoms with van der Waals surface area (Å²) in [4.78, 5) is 12.1. The van der Waals surface area contributed by atoms with E-state index >= 15 is 0 Å². The third-order valence-corrected chi connectivity index (χ3v) is 4.87. The third-order valence-electron chi connectivity index (χ3n) is 4.87. The van der Waals surface area contributed by atoms with Crippen LogP contribution in [-0.4, -0.2) is 5.78 Å². The van der Waals surface area contributed by atoms with Gasteiger partial charge in [-0.05, 0) is 18.3 Å². The van der Waals surface area contributed by atoms with Gasteiger partial charge < -0.3 is 0 Å². The molecule has 1 atom stereocenters. The van der Waals surface area contributed by atoms with E-state index < -0.39 is 0 Å². The molecule has 1 nitrogen and oxygen atoms in total. The van der Waals surface area contributed by atoms with Gasteiger partial charge in [0.25, 0.3) is 0 Å². The summed E-state index contributed by atoms with van der Waals surface area (Å²) in [6.07, 6.45) is 16.1. The van der Waals surface area contributed by atoms with Crippen LogP contribution >= 0.6 is 0 Å². The van der Waals surface area contributed by atoms with E-state index in [0.717, 1.165) is 25.2 Å². The van der Waals surface area contributed by atoms with E-state index in [1.54, 1.807) is 0 Å². The highest BCUT2D eigenvalue weighted by molar-refractivity contribution is 5.78. The standard InChI is InChI=1S/C18H34O/c1-3-5-10-16(4-2)13-14-18(19)15-17-11-8-6-7-9-12-17/h16-17H,3-15H2,1-2H3. The average molecular weight is 266 g/mol. The molecule has 19 heavy (non-hydrogen) atoms. The van der Waals surface area contributed by atoms with Crippen molar-refractivity contribution < 1.29 is 4.79 Å². The highest BCUT2D eigenvalue weighted by atomic mass is 16.1. The summed E-state index contributed by atoms with van der Waals surface area (Å²) in [6.45, 7) is 4.53. The fourth-order valence-electron chi connectivity index (χ4n) is 3.40. The lowest BCUT2D eigenvalue weighted by atomic mass is 9.89. The molecule has 1 aliphatic rings. The van der Waals surface area contributed by atoms with Crippen molar-refractivity contribution in [2.45, 2.75) is 97.3 Å². The van der Waals surface area contributed by atoms with Crippen molar-refractivity contribution in [3.05, 3.63) is 0 Å². The van der Waals surface area contributed by atoms with Crippen LogP contribution in [0, 0.1) is 11.8 Å². The molecule has 0 aromatic carbocycles. The van der Waals surface area contributed by atoms with Crippen LogP contribution in [-0.2, 0) is 4.79 Å². The Bertz CT molecular complexity index is 226.